The van der Waals surface area contributed by atoms with Gasteiger partial charge in [-0.15, -0.1) is 0 Å². The minimum atomic E-state index is -4.70. The Bertz CT molecular complexity index is 1060. The molecular weight excluding hydrogens is 447 g/mol. The molecule has 3 heterocycles. The van der Waals surface area contributed by atoms with Crippen molar-refractivity contribution in [3.05, 3.63) is 41.3 Å². The lowest BCUT2D eigenvalue weighted by molar-refractivity contribution is -0.206. The fourth-order valence-corrected chi connectivity index (χ4v) is 6.53. The maximum absolute atomic E-state index is 13.1. The first-order chi connectivity index (χ1) is 14.9. The molecule has 176 valence electrons. The molecule has 2 aliphatic heterocycles. The summed E-state index contributed by atoms with van der Waals surface area (Å²) in [5.41, 5.74) is 0.933. The summed E-state index contributed by atoms with van der Waals surface area (Å²) in [7, 11) is -3.67. The molecule has 1 spiro atoms. The van der Waals surface area contributed by atoms with Crippen LogP contribution in [0.5, 0.6) is 0 Å². The predicted molar refractivity (Wildman–Crippen MR) is 111 cm³/mol. The fraction of sp³-hybridized carbons (Fsp3) is 0.571. The summed E-state index contributed by atoms with van der Waals surface area (Å²) in [5.74, 6) is 0.286. The van der Waals surface area contributed by atoms with Crippen molar-refractivity contribution >= 4 is 15.7 Å². The van der Waals surface area contributed by atoms with Crippen molar-refractivity contribution < 1.29 is 31.2 Å². The van der Waals surface area contributed by atoms with Crippen molar-refractivity contribution in [1.82, 2.24) is 9.46 Å². The highest BCUT2D eigenvalue weighted by Gasteiger charge is 2.44. The number of anilines is 1. The number of aryl methyl sites for hydroxylation is 2. The second kappa shape index (κ2) is 8.03. The molecule has 2 fully saturated rings. The van der Waals surface area contributed by atoms with E-state index in [9.17, 15) is 26.7 Å². The minimum absolute atomic E-state index is 0.0328. The predicted octanol–water partition coefficient (Wildman–Crippen LogP) is 3.57. The molecule has 1 aromatic carbocycles. The molecule has 2 aromatic rings. The van der Waals surface area contributed by atoms with Crippen molar-refractivity contribution in [1.29, 1.82) is 0 Å². The maximum Gasteiger partial charge on any atom is 0.418 e. The van der Waals surface area contributed by atoms with Crippen molar-refractivity contribution in [2.24, 2.45) is 5.41 Å². The largest absolute Gasteiger partial charge is 0.418 e. The molecule has 2 aliphatic rings. The summed E-state index contributed by atoms with van der Waals surface area (Å²) in [6.45, 7) is 5.47. The minimum Gasteiger partial charge on any atom is -0.379 e. The zero-order valence-electron chi connectivity index (χ0n) is 17.9. The van der Waals surface area contributed by atoms with Crippen LogP contribution >= 0.6 is 0 Å². The van der Waals surface area contributed by atoms with Gasteiger partial charge in [0.15, 0.2) is 11.9 Å². The average molecular weight is 474 g/mol. The Hall–Kier alpha value is -2.11. The van der Waals surface area contributed by atoms with Gasteiger partial charge in [-0.05, 0) is 56.2 Å². The van der Waals surface area contributed by atoms with E-state index in [1.165, 1.54) is 16.4 Å². The van der Waals surface area contributed by atoms with Gasteiger partial charge in [0.25, 0.3) is 0 Å². The Morgan fingerprint density at radius 2 is 1.69 bits per heavy atom. The third-order valence-electron chi connectivity index (χ3n) is 6.67. The van der Waals surface area contributed by atoms with Crippen LogP contribution in [-0.2, 0) is 10.0 Å². The highest BCUT2D eigenvalue weighted by molar-refractivity contribution is 7.89. The molecular formula is C21H26F3N3O4S. The molecule has 1 N–H and O–H groups in total. The molecule has 1 atom stereocenters. The number of aromatic nitrogens is 1. The molecule has 32 heavy (non-hydrogen) atoms. The van der Waals surface area contributed by atoms with Gasteiger partial charge in [0.2, 0.25) is 10.0 Å². The van der Waals surface area contributed by atoms with E-state index >= 15 is 0 Å². The number of hydrogen-bond donors (Lipinski definition) is 1. The topological polar surface area (TPSA) is 86.9 Å². The van der Waals surface area contributed by atoms with Gasteiger partial charge in [0.05, 0.1) is 0 Å². The number of halogens is 3. The van der Waals surface area contributed by atoms with Crippen LogP contribution < -0.4 is 4.90 Å². The fourth-order valence-electron chi connectivity index (χ4n) is 4.79. The third-order valence-corrected chi connectivity index (χ3v) is 8.81. The average Bonchev–Trinajstić information content (AvgIpc) is 3.30. The van der Waals surface area contributed by atoms with Crippen LogP contribution in [-0.4, -0.2) is 55.3 Å². The van der Waals surface area contributed by atoms with E-state index in [4.69, 9.17) is 4.52 Å². The van der Waals surface area contributed by atoms with E-state index in [2.05, 4.69) is 10.1 Å². The van der Waals surface area contributed by atoms with Crippen LogP contribution in [0.4, 0.5) is 18.9 Å². The van der Waals surface area contributed by atoms with Crippen LogP contribution in [0.25, 0.3) is 0 Å². The van der Waals surface area contributed by atoms with E-state index in [0.29, 0.717) is 38.2 Å². The monoisotopic (exact) mass is 473 g/mol. The molecule has 0 aliphatic carbocycles. The van der Waals surface area contributed by atoms with Gasteiger partial charge in [0, 0.05) is 31.9 Å². The number of aliphatic hydroxyl groups is 1. The van der Waals surface area contributed by atoms with Crippen LogP contribution in [0.1, 0.15) is 42.4 Å². The molecule has 2 saturated heterocycles. The number of hydrogen-bond acceptors (Lipinski definition) is 6. The summed E-state index contributed by atoms with van der Waals surface area (Å²) in [5, 5.41) is 13.2. The lowest BCUT2D eigenvalue weighted by atomic mass is 9.78. The first-order valence-corrected chi connectivity index (χ1v) is 11.9. The Balaban J connectivity index is 1.41. The van der Waals surface area contributed by atoms with Gasteiger partial charge in [-0.3, -0.25) is 0 Å². The number of piperidine rings is 1. The van der Waals surface area contributed by atoms with Crippen molar-refractivity contribution in [2.45, 2.75) is 50.3 Å². The highest BCUT2D eigenvalue weighted by atomic mass is 32.2. The second-order valence-electron chi connectivity index (χ2n) is 8.76. The first kappa shape index (κ1) is 23.1. The number of aliphatic hydroxyl groups excluding tert-OH is 1. The Labute approximate surface area is 184 Å². The van der Waals surface area contributed by atoms with Crippen LogP contribution in [0.3, 0.4) is 0 Å². The van der Waals surface area contributed by atoms with Gasteiger partial charge in [-0.2, -0.15) is 17.5 Å². The zero-order chi connectivity index (χ0) is 23.3. The third kappa shape index (κ3) is 4.13. The van der Waals surface area contributed by atoms with Crippen LogP contribution in [0, 0.1) is 19.3 Å². The molecule has 0 saturated carbocycles. The number of benzene rings is 1. The van der Waals surface area contributed by atoms with E-state index in [-0.39, 0.29) is 21.6 Å². The lowest BCUT2D eigenvalue weighted by Gasteiger charge is -2.38. The Kier molecular flexibility index (Phi) is 5.79. The Morgan fingerprint density at radius 1 is 1.09 bits per heavy atom. The number of sulfonamides is 1. The van der Waals surface area contributed by atoms with Gasteiger partial charge in [-0.25, -0.2) is 8.42 Å². The van der Waals surface area contributed by atoms with Crippen molar-refractivity contribution in [3.63, 3.8) is 0 Å². The van der Waals surface area contributed by atoms with Gasteiger partial charge >= 0.3 is 6.18 Å². The zero-order valence-corrected chi connectivity index (χ0v) is 18.7. The second-order valence-corrected chi connectivity index (χ2v) is 10.6. The number of nitrogens with zero attached hydrogens (tertiary/aromatic N) is 3. The molecule has 1 unspecified atom stereocenters. The van der Waals surface area contributed by atoms with Crippen LogP contribution in [0.2, 0.25) is 0 Å². The summed E-state index contributed by atoms with van der Waals surface area (Å²) < 4.78 is 70.7. The first-order valence-electron chi connectivity index (χ1n) is 10.5. The lowest BCUT2D eigenvalue weighted by Crippen LogP contribution is -2.44. The number of rotatable bonds is 4. The molecule has 1 aromatic heterocycles. The smallest absolute Gasteiger partial charge is 0.379 e. The molecule has 11 heteroatoms. The highest BCUT2D eigenvalue weighted by Crippen LogP contribution is 2.43. The van der Waals surface area contributed by atoms with Crippen LogP contribution in [0.15, 0.2) is 33.7 Å². The molecule has 0 radical (unpaired) electrons. The van der Waals surface area contributed by atoms with E-state index in [1.54, 1.807) is 26.0 Å². The van der Waals surface area contributed by atoms with Crippen molar-refractivity contribution in [2.75, 3.05) is 31.1 Å². The van der Waals surface area contributed by atoms with Gasteiger partial charge in [0.1, 0.15) is 10.6 Å². The van der Waals surface area contributed by atoms with Crippen molar-refractivity contribution in [3.8, 4) is 0 Å². The quantitative estimate of drug-likeness (QED) is 0.731. The van der Waals surface area contributed by atoms with E-state index < -0.39 is 22.3 Å². The van der Waals surface area contributed by atoms with E-state index in [0.717, 1.165) is 18.7 Å². The summed E-state index contributed by atoms with van der Waals surface area (Å²) in [6, 6.07) is 5.80. The standard InChI is InChI=1S/C21H26F3N3O4S/c1-14-18(15(2)31-25-14)32(29,30)27-11-8-20(9-12-27)7-10-26(13-20)17-5-3-16(4-6-17)19(28)21(22,23)24/h3-6,19,28H,7-13H2,1-2H3. The normalized spacial score (nSPS) is 20.8. The van der Waals surface area contributed by atoms with Gasteiger partial charge < -0.3 is 14.5 Å². The molecule has 4 rings (SSSR count). The molecule has 0 amide bonds. The van der Waals surface area contributed by atoms with E-state index in [1.807, 2.05) is 0 Å². The summed E-state index contributed by atoms with van der Waals surface area (Å²) >= 11 is 0. The van der Waals surface area contributed by atoms with Gasteiger partial charge in [-0.1, -0.05) is 17.3 Å². The maximum atomic E-state index is 13.1. The molecule has 7 nitrogen and oxygen atoms in total. The summed E-state index contributed by atoms with van der Waals surface area (Å²) in [6.07, 6.45) is -4.89. The Morgan fingerprint density at radius 3 is 2.22 bits per heavy atom. The molecule has 0 bridgehead atoms. The number of alkyl halides is 3. The summed E-state index contributed by atoms with van der Waals surface area (Å²) in [4.78, 5) is 2.25. The SMILES string of the molecule is Cc1noc(C)c1S(=O)(=O)N1CCC2(CCN(c3ccc(C(O)C(F)(F)F)cc3)C2)CC1.